The van der Waals surface area contributed by atoms with Crippen molar-refractivity contribution in [3.8, 4) is 5.75 Å². The van der Waals surface area contributed by atoms with Crippen molar-refractivity contribution in [1.29, 1.82) is 0 Å². The highest BCUT2D eigenvalue weighted by Crippen LogP contribution is 2.28. The summed E-state index contributed by atoms with van der Waals surface area (Å²) in [4.78, 5) is 0. The van der Waals surface area contributed by atoms with Crippen molar-refractivity contribution in [2.45, 2.75) is 37.0 Å². The van der Waals surface area contributed by atoms with E-state index in [0.717, 1.165) is 6.42 Å². The fourth-order valence-corrected chi connectivity index (χ4v) is 3.49. The Bertz CT molecular complexity index is 319. The minimum atomic E-state index is 0.245. The molecule has 3 N–H and O–H groups in total. The Balaban J connectivity index is 1.90. The molecule has 1 aliphatic rings. The van der Waals surface area contributed by atoms with E-state index in [1.807, 2.05) is 23.9 Å². The first-order chi connectivity index (χ1) is 7.75. The minimum Gasteiger partial charge on any atom is -0.508 e. The van der Waals surface area contributed by atoms with Crippen molar-refractivity contribution in [2.24, 2.45) is 5.73 Å². The standard InChI is InChI=1S/C13H19NOS/c14-12(13-3-1-2-8-16-13)9-10-4-6-11(15)7-5-10/h4-7,12-13,15H,1-3,8-9,14H2. The van der Waals surface area contributed by atoms with Gasteiger partial charge < -0.3 is 10.8 Å². The molecule has 3 heteroatoms. The van der Waals surface area contributed by atoms with Gasteiger partial charge in [0.05, 0.1) is 0 Å². The summed E-state index contributed by atoms with van der Waals surface area (Å²) in [6, 6.07) is 7.63. The molecule has 0 amide bonds. The molecule has 0 bridgehead atoms. The van der Waals surface area contributed by atoms with Crippen LogP contribution >= 0.6 is 11.8 Å². The van der Waals surface area contributed by atoms with Gasteiger partial charge in [-0.3, -0.25) is 0 Å². The number of hydrogen-bond donors (Lipinski definition) is 2. The van der Waals surface area contributed by atoms with Gasteiger partial charge in [0.1, 0.15) is 5.75 Å². The van der Waals surface area contributed by atoms with Crippen molar-refractivity contribution in [3.63, 3.8) is 0 Å². The van der Waals surface area contributed by atoms with Crippen LogP contribution in [0.5, 0.6) is 5.75 Å². The number of hydrogen-bond acceptors (Lipinski definition) is 3. The third kappa shape index (κ3) is 3.16. The second kappa shape index (κ2) is 5.60. The van der Waals surface area contributed by atoms with Gasteiger partial charge in [-0.2, -0.15) is 11.8 Å². The Hall–Kier alpha value is -0.670. The molecule has 0 spiro atoms. The molecule has 0 aromatic heterocycles. The first-order valence-corrected chi connectivity index (χ1v) is 6.95. The Morgan fingerprint density at radius 3 is 2.69 bits per heavy atom. The van der Waals surface area contributed by atoms with Gasteiger partial charge in [0.2, 0.25) is 0 Å². The Morgan fingerprint density at radius 1 is 1.31 bits per heavy atom. The molecule has 1 aromatic rings. The number of thioether (sulfide) groups is 1. The Kier molecular flexibility index (Phi) is 4.13. The van der Waals surface area contributed by atoms with Gasteiger partial charge in [-0.15, -0.1) is 0 Å². The van der Waals surface area contributed by atoms with Crippen molar-refractivity contribution < 1.29 is 5.11 Å². The average molecular weight is 237 g/mol. The Morgan fingerprint density at radius 2 is 2.06 bits per heavy atom. The lowest BCUT2D eigenvalue weighted by molar-refractivity contribution is 0.475. The van der Waals surface area contributed by atoms with Gasteiger partial charge in [0.15, 0.2) is 0 Å². The van der Waals surface area contributed by atoms with E-state index in [1.165, 1.54) is 30.6 Å². The number of nitrogens with two attached hydrogens (primary N) is 1. The molecule has 0 saturated carbocycles. The molecule has 2 unspecified atom stereocenters. The second-order valence-corrected chi connectivity index (χ2v) is 5.79. The third-order valence-electron chi connectivity index (χ3n) is 3.10. The summed E-state index contributed by atoms with van der Waals surface area (Å²) < 4.78 is 0. The zero-order chi connectivity index (χ0) is 11.4. The molecule has 88 valence electrons. The molecule has 16 heavy (non-hydrogen) atoms. The number of phenolic OH excluding ortho intramolecular Hbond substituents is 1. The van der Waals surface area contributed by atoms with E-state index < -0.39 is 0 Å². The summed E-state index contributed by atoms with van der Waals surface area (Å²) >= 11 is 2.02. The van der Waals surface area contributed by atoms with Crippen LogP contribution < -0.4 is 5.73 Å². The molecule has 1 aliphatic heterocycles. The van der Waals surface area contributed by atoms with Crippen LogP contribution in [0.4, 0.5) is 0 Å². The van der Waals surface area contributed by atoms with E-state index in [1.54, 1.807) is 12.1 Å². The van der Waals surface area contributed by atoms with Crippen LogP contribution in [0.2, 0.25) is 0 Å². The summed E-state index contributed by atoms with van der Waals surface area (Å²) in [7, 11) is 0. The zero-order valence-corrected chi connectivity index (χ0v) is 10.2. The maximum absolute atomic E-state index is 9.20. The first kappa shape index (κ1) is 11.8. The largest absolute Gasteiger partial charge is 0.508 e. The van der Waals surface area contributed by atoms with Crippen LogP contribution in [0.25, 0.3) is 0 Å². The number of rotatable bonds is 3. The molecule has 2 nitrogen and oxygen atoms in total. The van der Waals surface area contributed by atoms with E-state index >= 15 is 0 Å². The van der Waals surface area contributed by atoms with Crippen molar-refractivity contribution in [3.05, 3.63) is 29.8 Å². The summed E-state index contributed by atoms with van der Waals surface area (Å²) in [5.41, 5.74) is 7.45. The zero-order valence-electron chi connectivity index (χ0n) is 9.43. The molecular formula is C13H19NOS. The van der Waals surface area contributed by atoms with E-state index in [9.17, 15) is 5.11 Å². The van der Waals surface area contributed by atoms with Crippen molar-refractivity contribution >= 4 is 11.8 Å². The molecular weight excluding hydrogens is 218 g/mol. The van der Waals surface area contributed by atoms with E-state index in [-0.39, 0.29) is 6.04 Å². The van der Waals surface area contributed by atoms with E-state index in [4.69, 9.17) is 5.73 Å². The first-order valence-electron chi connectivity index (χ1n) is 5.91. The summed E-state index contributed by atoms with van der Waals surface area (Å²) in [5, 5.41) is 9.82. The maximum atomic E-state index is 9.20. The molecule has 2 atom stereocenters. The lowest BCUT2D eigenvalue weighted by Crippen LogP contribution is -2.36. The molecule has 1 saturated heterocycles. The van der Waals surface area contributed by atoms with Crippen LogP contribution in [-0.4, -0.2) is 22.2 Å². The predicted molar refractivity (Wildman–Crippen MR) is 69.9 cm³/mol. The lowest BCUT2D eigenvalue weighted by Gasteiger charge is -2.27. The average Bonchev–Trinajstić information content (AvgIpc) is 2.33. The fraction of sp³-hybridized carbons (Fsp3) is 0.538. The molecule has 0 radical (unpaired) electrons. The SMILES string of the molecule is NC(Cc1ccc(O)cc1)C1CCCCS1. The summed E-state index contributed by atoms with van der Waals surface area (Å²) in [5.74, 6) is 1.58. The molecule has 2 rings (SSSR count). The maximum Gasteiger partial charge on any atom is 0.115 e. The summed E-state index contributed by atoms with van der Waals surface area (Å²) in [6.45, 7) is 0. The molecule has 1 aromatic carbocycles. The van der Waals surface area contributed by atoms with Gasteiger partial charge in [-0.1, -0.05) is 18.6 Å². The monoisotopic (exact) mass is 237 g/mol. The predicted octanol–water partition coefficient (Wildman–Crippen LogP) is 2.55. The van der Waals surface area contributed by atoms with Gasteiger partial charge >= 0.3 is 0 Å². The molecule has 1 heterocycles. The Labute approximate surface area is 101 Å². The van der Waals surface area contributed by atoms with Crippen LogP contribution in [0.3, 0.4) is 0 Å². The second-order valence-electron chi connectivity index (χ2n) is 4.44. The van der Waals surface area contributed by atoms with Crippen LogP contribution in [0.15, 0.2) is 24.3 Å². The van der Waals surface area contributed by atoms with Gasteiger partial charge in [-0.05, 0) is 42.7 Å². The lowest BCUT2D eigenvalue weighted by atomic mass is 10.0. The quantitative estimate of drug-likeness (QED) is 0.849. The molecule has 0 aliphatic carbocycles. The van der Waals surface area contributed by atoms with Gasteiger partial charge in [0, 0.05) is 11.3 Å². The number of phenols is 1. The van der Waals surface area contributed by atoms with Crippen LogP contribution in [-0.2, 0) is 6.42 Å². The highest BCUT2D eigenvalue weighted by atomic mass is 32.2. The normalized spacial score (nSPS) is 22.9. The van der Waals surface area contributed by atoms with Crippen molar-refractivity contribution in [2.75, 3.05) is 5.75 Å². The highest BCUT2D eigenvalue weighted by Gasteiger charge is 2.21. The fourth-order valence-electron chi connectivity index (χ4n) is 2.14. The number of aromatic hydroxyl groups is 1. The van der Waals surface area contributed by atoms with Crippen molar-refractivity contribution in [1.82, 2.24) is 0 Å². The smallest absolute Gasteiger partial charge is 0.115 e. The minimum absolute atomic E-state index is 0.245. The summed E-state index contributed by atoms with van der Waals surface area (Å²) in [6.07, 6.45) is 4.83. The van der Waals surface area contributed by atoms with Gasteiger partial charge in [0.25, 0.3) is 0 Å². The van der Waals surface area contributed by atoms with Crippen LogP contribution in [0.1, 0.15) is 24.8 Å². The third-order valence-corrected chi connectivity index (χ3v) is 4.64. The molecule has 1 fully saturated rings. The van der Waals surface area contributed by atoms with Gasteiger partial charge in [-0.25, -0.2) is 0 Å². The van der Waals surface area contributed by atoms with E-state index in [2.05, 4.69) is 0 Å². The topological polar surface area (TPSA) is 46.2 Å². The van der Waals surface area contributed by atoms with E-state index in [0.29, 0.717) is 11.0 Å². The van der Waals surface area contributed by atoms with Crippen LogP contribution in [0, 0.1) is 0 Å². The highest BCUT2D eigenvalue weighted by molar-refractivity contribution is 8.00. The number of benzene rings is 1.